The van der Waals surface area contributed by atoms with Gasteiger partial charge in [-0.15, -0.1) is 0 Å². The van der Waals surface area contributed by atoms with Crippen LogP contribution in [-0.2, 0) is 6.42 Å². The molecule has 1 aromatic heterocycles. The highest BCUT2D eigenvalue weighted by Gasteiger charge is 2.09. The molecule has 12 heavy (non-hydrogen) atoms. The summed E-state index contributed by atoms with van der Waals surface area (Å²) in [6.45, 7) is 0. The lowest BCUT2D eigenvalue weighted by Crippen LogP contribution is -1.88. The molecule has 5 heteroatoms. The lowest BCUT2D eigenvalue weighted by Gasteiger charge is -2.02. The molecule has 1 aromatic rings. The van der Waals surface area contributed by atoms with Gasteiger partial charge in [-0.25, -0.2) is 4.98 Å². The van der Waals surface area contributed by atoms with Gasteiger partial charge in [0.1, 0.15) is 5.15 Å². The zero-order valence-electron chi connectivity index (χ0n) is 5.81. The van der Waals surface area contributed by atoms with Gasteiger partial charge < -0.3 is 0 Å². The maximum atomic E-state index is 8.43. The molecule has 0 spiro atoms. The van der Waals surface area contributed by atoms with Crippen molar-refractivity contribution in [3.05, 3.63) is 27.0 Å². The molecule has 0 aromatic carbocycles. The van der Waals surface area contributed by atoms with Crippen molar-refractivity contribution >= 4 is 34.8 Å². The Morgan fingerprint density at radius 1 is 1.42 bits per heavy atom. The summed E-state index contributed by atoms with van der Waals surface area (Å²) < 4.78 is 0. The van der Waals surface area contributed by atoms with Crippen molar-refractivity contribution < 1.29 is 0 Å². The molecule has 0 bridgehead atoms. The van der Waals surface area contributed by atoms with Gasteiger partial charge in [0, 0.05) is 11.8 Å². The molecule has 2 nitrogen and oxygen atoms in total. The Morgan fingerprint density at radius 3 is 2.67 bits per heavy atom. The molecule has 0 unspecified atom stereocenters. The van der Waals surface area contributed by atoms with Gasteiger partial charge in [-0.3, -0.25) is 0 Å². The second-order valence-electron chi connectivity index (χ2n) is 2.02. The van der Waals surface area contributed by atoms with E-state index < -0.39 is 0 Å². The van der Waals surface area contributed by atoms with E-state index in [9.17, 15) is 0 Å². The van der Waals surface area contributed by atoms with E-state index in [4.69, 9.17) is 40.1 Å². The summed E-state index contributed by atoms with van der Waals surface area (Å²) in [5.74, 6) is 0. The Hall–Kier alpha value is -0.490. The fourth-order valence-corrected chi connectivity index (χ4v) is 1.36. The molecule has 62 valence electrons. The standard InChI is InChI=1S/C7H3Cl3N2/c8-5-3-12-7(10)6(9)4(5)1-2-11/h3H,1H2. The number of nitrogens with zero attached hydrogens (tertiary/aromatic N) is 2. The number of pyridine rings is 1. The molecule has 0 fully saturated rings. The minimum absolute atomic E-state index is 0.139. The molecular weight excluding hydrogens is 218 g/mol. The average molecular weight is 221 g/mol. The Bertz CT molecular complexity index is 343. The summed E-state index contributed by atoms with van der Waals surface area (Å²) in [6, 6.07) is 1.94. The Morgan fingerprint density at radius 2 is 2.08 bits per heavy atom. The van der Waals surface area contributed by atoms with Crippen molar-refractivity contribution in [3.8, 4) is 6.07 Å². The van der Waals surface area contributed by atoms with E-state index >= 15 is 0 Å². The van der Waals surface area contributed by atoms with Crippen LogP contribution in [0.4, 0.5) is 0 Å². The predicted molar refractivity (Wildman–Crippen MR) is 48.6 cm³/mol. The zero-order chi connectivity index (χ0) is 9.14. The first kappa shape index (κ1) is 9.60. The van der Waals surface area contributed by atoms with Gasteiger partial charge in [-0.2, -0.15) is 5.26 Å². The monoisotopic (exact) mass is 220 g/mol. The number of aromatic nitrogens is 1. The van der Waals surface area contributed by atoms with Gasteiger partial charge in [0.25, 0.3) is 0 Å². The second kappa shape index (κ2) is 3.95. The van der Waals surface area contributed by atoms with E-state index in [1.165, 1.54) is 6.20 Å². The third kappa shape index (κ3) is 1.81. The summed E-state index contributed by atoms with van der Waals surface area (Å²) in [5.41, 5.74) is 0.529. The number of nitriles is 1. The molecule has 1 rings (SSSR count). The van der Waals surface area contributed by atoms with Gasteiger partial charge in [0.05, 0.1) is 22.5 Å². The minimum Gasteiger partial charge on any atom is -0.241 e. The van der Waals surface area contributed by atoms with Gasteiger partial charge in [-0.05, 0) is 0 Å². The highest BCUT2D eigenvalue weighted by Crippen LogP contribution is 2.29. The van der Waals surface area contributed by atoms with E-state index in [1.807, 2.05) is 6.07 Å². The fourth-order valence-electron chi connectivity index (χ4n) is 0.718. The molecule has 0 N–H and O–H groups in total. The molecule has 0 aliphatic heterocycles. The quantitative estimate of drug-likeness (QED) is 0.683. The van der Waals surface area contributed by atoms with Crippen LogP contribution >= 0.6 is 34.8 Å². The van der Waals surface area contributed by atoms with Crippen molar-refractivity contribution in [1.82, 2.24) is 4.98 Å². The largest absolute Gasteiger partial charge is 0.241 e. The highest BCUT2D eigenvalue weighted by molar-refractivity contribution is 6.43. The van der Waals surface area contributed by atoms with Crippen LogP contribution in [0.2, 0.25) is 15.2 Å². The molecule has 0 atom stereocenters. The molecule has 1 heterocycles. The van der Waals surface area contributed by atoms with E-state index in [0.717, 1.165) is 0 Å². The summed E-state index contributed by atoms with van der Waals surface area (Å²) in [5, 5.41) is 9.22. The van der Waals surface area contributed by atoms with Gasteiger partial charge in [0.15, 0.2) is 0 Å². The molecule has 0 amide bonds. The van der Waals surface area contributed by atoms with E-state index in [-0.39, 0.29) is 16.6 Å². The molecule has 0 aliphatic carbocycles. The minimum atomic E-state index is 0.139. The van der Waals surface area contributed by atoms with Crippen LogP contribution in [0.1, 0.15) is 5.56 Å². The summed E-state index contributed by atoms with van der Waals surface area (Å²) in [7, 11) is 0. The van der Waals surface area contributed by atoms with Crippen LogP contribution in [0.3, 0.4) is 0 Å². The first-order valence-corrected chi connectivity index (χ1v) is 4.15. The topological polar surface area (TPSA) is 36.7 Å². The Balaban J connectivity index is 3.25. The van der Waals surface area contributed by atoms with Crippen molar-refractivity contribution in [2.24, 2.45) is 0 Å². The third-order valence-corrected chi connectivity index (χ3v) is 2.40. The van der Waals surface area contributed by atoms with Crippen LogP contribution in [-0.4, -0.2) is 4.98 Å². The smallest absolute Gasteiger partial charge is 0.148 e. The predicted octanol–water partition coefficient (Wildman–Crippen LogP) is 3.11. The molecule has 0 saturated carbocycles. The lowest BCUT2D eigenvalue weighted by molar-refractivity contribution is 1.21. The third-order valence-electron chi connectivity index (χ3n) is 1.28. The number of rotatable bonds is 1. The van der Waals surface area contributed by atoms with Crippen molar-refractivity contribution in [1.29, 1.82) is 5.26 Å². The average Bonchev–Trinajstić information content (AvgIpc) is 2.06. The first-order valence-electron chi connectivity index (χ1n) is 3.02. The highest BCUT2D eigenvalue weighted by atomic mass is 35.5. The van der Waals surface area contributed by atoms with E-state index in [0.29, 0.717) is 10.6 Å². The Labute approximate surface area is 84.7 Å². The van der Waals surface area contributed by atoms with E-state index in [1.54, 1.807) is 0 Å². The van der Waals surface area contributed by atoms with Crippen LogP contribution < -0.4 is 0 Å². The summed E-state index contributed by atoms with van der Waals surface area (Å²) >= 11 is 17.1. The molecule has 0 saturated heterocycles. The number of hydrogen-bond donors (Lipinski definition) is 0. The van der Waals surface area contributed by atoms with Crippen LogP contribution in [0.5, 0.6) is 0 Å². The van der Waals surface area contributed by atoms with Gasteiger partial charge >= 0.3 is 0 Å². The normalized spacial score (nSPS) is 9.50. The molecular formula is C7H3Cl3N2. The van der Waals surface area contributed by atoms with Gasteiger partial charge in [0.2, 0.25) is 0 Å². The van der Waals surface area contributed by atoms with Gasteiger partial charge in [-0.1, -0.05) is 34.8 Å². The Kier molecular flexibility index (Phi) is 3.16. The van der Waals surface area contributed by atoms with Crippen LogP contribution in [0.25, 0.3) is 0 Å². The second-order valence-corrected chi connectivity index (χ2v) is 3.17. The zero-order valence-corrected chi connectivity index (χ0v) is 8.08. The number of halogens is 3. The summed E-state index contributed by atoms with van der Waals surface area (Å²) in [4.78, 5) is 3.71. The fraction of sp³-hybridized carbons (Fsp3) is 0.143. The first-order chi connectivity index (χ1) is 5.66. The number of hydrogen-bond acceptors (Lipinski definition) is 2. The van der Waals surface area contributed by atoms with E-state index in [2.05, 4.69) is 4.98 Å². The van der Waals surface area contributed by atoms with Crippen LogP contribution in [0.15, 0.2) is 6.20 Å². The SMILES string of the molecule is N#CCc1c(Cl)cnc(Cl)c1Cl. The molecule has 0 aliphatic rings. The maximum absolute atomic E-state index is 8.43. The van der Waals surface area contributed by atoms with Crippen molar-refractivity contribution in [2.45, 2.75) is 6.42 Å². The molecule has 0 radical (unpaired) electrons. The maximum Gasteiger partial charge on any atom is 0.148 e. The summed E-state index contributed by atoms with van der Waals surface area (Å²) in [6.07, 6.45) is 1.52. The van der Waals surface area contributed by atoms with Crippen LogP contribution in [0, 0.1) is 11.3 Å². The van der Waals surface area contributed by atoms with Crippen molar-refractivity contribution in [3.63, 3.8) is 0 Å². The van der Waals surface area contributed by atoms with Crippen molar-refractivity contribution in [2.75, 3.05) is 0 Å². The lowest BCUT2D eigenvalue weighted by atomic mass is 10.2.